The summed E-state index contributed by atoms with van der Waals surface area (Å²) in [5.41, 5.74) is 0.728. The minimum Gasteiger partial charge on any atom is -0.478 e. The molecule has 0 radical (unpaired) electrons. The van der Waals surface area contributed by atoms with Crippen LogP contribution in [0.1, 0.15) is 42.1 Å². The summed E-state index contributed by atoms with van der Waals surface area (Å²) in [5, 5.41) is 12.2. The van der Waals surface area contributed by atoms with Crippen LogP contribution in [0.2, 0.25) is 0 Å². The van der Waals surface area contributed by atoms with E-state index in [4.69, 9.17) is 9.52 Å². The van der Waals surface area contributed by atoms with Gasteiger partial charge in [0.15, 0.2) is 0 Å². The number of rotatable bonds is 5. The van der Waals surface area contributed by atoms with E-state index in [2.05, 4.69) is 19.2 Å². The molecule has 0 spiro atoms. The maximum absolute atomic E-state index is 10.8. The van der Waals surface area contributed by atoms with Gasteiger partial charge in [0.05, 0.1) is 6.54 Å². The fraction of sp³-hybridized carbons (Fsp3) is 0.615. The number of carboxylic acid groups (broad SMARTS) is 1. The van der Waals surface area contributed by atoms with Crippen molar-refractivity contribution in [1.29, 1.82) is 0 Å². The molecule has 4 heteroatoms. The molecule has 0 aromatic carbocycles. The maximum Gasteiger partial charge on any atom is 0.339 e. The predicted molar refractivity (Wildman–Crippen MR) is 64.0 cm³/mol. The van der Waals surface area contributed by atoms with Gasteiger partial charge in [-0.2, -0.15) is 0 Å². The first-order valence-corrected chi connectivity index (χ1v) is 5.93. The Balaban J connectivity index is 1.83. The molecular weight excluding hydrogens is 218 g/mol. The number of hydrogen-bond acceptors (Lipinski definition) is 3. The molecule has 0 aliphatic heterocycles. The van der Waals surface area contributed by atoms with Gasteiger partial charge in [-0.15, -0.1) is 0 Å². The molecule has 1 aliphatic carbocycles. The van der Waals surface area contributed by atoms with E-state index in [-0.39, 0.29) is 5.56 Å². The van der Waals surface area contributed by atoms with Gasteiger partial charge in [-0.25, -0.2) is 4.79 Å². The molecule has 1 heterocycles. The Labute approximate surface area is 101 Å². The molecule has 1 unspecified atom stereocenters. The quantitative estimate of drug-likeness (QED) is 0.825. The Hall–Kier alpha value is -1.29. The van der Waals surface area contributed by atoms with Crippen molar-refractivity contribution in [2.45, 2.75) is 33.7 Å². The van der Waals surface area contributed by atoms with Crippen LogP contribution >= 0.6 is 0 Å². The lowest BCUT2D eigenvalue weighted by Crippen LogP contribution is -2.17. The fourth-order valence-electron chi connectivity index (χ4n) is 2.14. The van der Waals surface area contributed by atoms with Gasteiger partial charge >= 0.3 is 5.97 Å². The molecule has 4 nitrogen and oxygen atoms in total. The second kappa shape index (κ2) is 4.18. The van der Waals surface area contributed by atoms with Crippen LogP contribution in [0.3, 0.4) is 0 Å². The Morgan fingerprint density at radius 2 is 2.29 bits per heavy atom. The monoisotopic (exact) mass is 237 g/mol. The minimum absolute atomic E-state index is 0.258. The van der Waals surface area contributed by atoms with Gasteiger partial charge in [-0.1, -0.05) is 13.8 Å². The number of carboxylic acids is 1. The lowest BCUT2D eigenvalue weighted by molar-refractivity contribution is 0.0695. The molecule has 1 aliphatic rings. The lowest BCUT2D eigenvalue weighted by Gasteiger charge is -2.04. The summed E-state index contributed by atoms with van der Waals surface area (Å²) in [7, 11) is 0. The molecule has 0 amide bonds. The van der Waals surface area contributed by atoms with Crippen LogP contribution in [0.4, 0.5) is 0 Å². The number of hydrogen-bond donors (Lipinski definition) is 2. The highest BCUT2D eigenvalue weighted by molar-refractivity contribution is 5.88. The average molecular weight is 237 g/mol. The van der Waals surface area contributed by atoms with Crippen molar-refractivity contribution in [3.63, 3.8) is 0 Å². The van der Waals surface area contributed by atoms with Crippen molar-refractivity contribution in [3.8, 4) is 0 Å². The molecular formula is C13H19NO3. The number of nitrogens with one attached hydrogen (secondary N) is 1. The summed E-state index contributed by atoms with van der Waals surface area (Å²) < 4.78 is 5.39. The van der Waals surface area contributed by atoms with Crippen molar-refractivity contribution in [1.82, 2.24) is 5.32 Å². The average Bonchev–Trinajstić information content (AvgIpc) is 2.66. The van der Waals surface area contributed by atoms with Gasteiger partial charge in [-0.3, -0.25) is 0 Å². The molecule has 0 bridgehead atoms. The zero-order chi connectivity index (χ0) is 12.6. The van der Waals surface area contributed by atoms with Crippen LogP contribution in [0.5, 0.6) is 0 Å². The molecule has 94 valence electrons. The lowest BCUT2D eigenvalue weighted by atomic mass is 10.1. The molecule has 2 N–H and O–H groups in total. The van der Waals surface area contributed by atoms with E-state index in [0.29, 0.717) is 23.5 Å². The third-order valence-electron chi connectivity index (χ3n) is 3.61. The molecule has 1 aromatic heterocycles. The Bertz CT molecular complexity index is 434. The van der Waals surface area contributed by atoms with Gasteiger partial charge in [0.25, 0.3) is 0 Å². The third kappa shape index (κ3) is 2.69. The summed E-state index contributed by atoms with van der Waals surface area (Å²) in [6.07, 6.45) is 1.26. The molecule has 2 rings (SSSR count). The summed E-state index contributed by atoms with van der Waals surface area (Å²) in [6.45, 7) is 7.77. The minimum atomic E-state index is -0.930. The topological polar surface area (TPSA) is 62.5 Å². The van der Waals surface area contributed by atoms with E-state index in [0.717, 1.165) is 12.5 Å². The van der Waals surface area contributed by atoms with Crippen LogP contribution in [-0.2, 0) is 6.54 Å². The maximum atomic E-state index is 10.8. The first-order chi connectivity index (χ1) is 7.90. The molecule has 1 atom stereocenters. The molecule has 1 aromatic rings. The third-order valence-corrected chi connectivity index (χ3v) is 3.61. The molecule has 1 saturated carbocycles. The standard InChI is InChI=1S/C13H19NO3/c1-8-11(12(15)16)4-10(17-8)7-14-6-9-5-13(9,2)3/h4,9,14H,5-7H2,1-3H3,(H,15,16). The number of furan rings is 1. The number of aromatic carboxylic acids is 1. The molecule has 17 heavy (non-hydrogen) atoms. The van der Waals surface area contributed by atoms with E-state index >= 15 is 0 Å². The largest absolute Gasteiger partial charge is 0.478 e. The Kier molecular flexibility index (Phi) is 3.00. The molecule has 1 fully saturated rings. The fourth-order valence-corrected chi connectivity index (χ4v) is 2.14. The zero-order valence-corrected chi connectivity index (χ0v) is 10.5. The van der Waals surface area contributed by atoms with Crippen LogP contribution in [0, 0.1) is 18.3 Å². The summed E-state index contributed by atoms with van der Waals surface area (Å²) in [4.78, 5) is 10.8. The van der Waals surface area contributed by atoms with E-state index in [1.165, 1.54) is 6.42 Å². The van der Waals surface area contributed by atoms with Gasteiger partial charge in [0.2, 0.25) is 0 Å². The Morgan fingerprint density at radius 1 is 1.65 bits per heavy atom. The van der Waals surface area contributed by atoms with Gasteiger partial charge in [0.1, 0.15) is 17.1 Å². The molecule has 0 saturated heterocycles. The second-order valence-corrected chi connectivity index (χ2v) is 5.51. The summed E-state index contributed by atoms with van der Waals surface area (Å²) in [6, 6.07) is 1.60. The van der Waals surface area contributed by atoms with E-state index in [1.807, 2.05) is 0 Å². The summed E-state index contributed by atoms with van der Waals surface area (Å²) in [5.74, 6) is 0.970. The highest BCUT2D eigenvalue weighted by atomic mass is 16.4. The smallest absolute Gasteiger partial charge is 0.339 e. The van der Waals surface area contributed by atoms with Crippen molar-refractivity contribution in [2.75, 3.05) is 6.54 Å². The van der Waals surface area contributed by atoms with Crippen LogP contribution in [-0.4, -0.2) is 17.6 Å². The SMILES string of the molecule is Cc1oc(CNCC2CC2(C)C)cc1C(=O)O. The van der Waals surface area contributed by atoms with Crippen LogP contribution in [0.25, 0.3) is 0 Å². The predicted octanol–water partition coefficient (Wildman–Crippen LogP) is 2.42. The normalized spacial score (nSPS) is 21.5. The second-order valence-electron chi connectivity index (χ2n) is 5.51. The Morgan fingerprint density at radius 3 is 2.76 bits per heavy atom. The van der Waals surface area contributed by atoms with Gasteiger partial charge < -0.3 is 14.8 Å². The highest BCUT2D eigenvalue weighted by Crippen LogP contribution is 2.50. The first kappa shape index (κ1) is 12.2. The van der Waals surface area contributed by atoms with Gasteiger partial charge in [0, 0.05) is 0 Å². The number of aryl methyl sites for hydroxylation is 1. The van der Waals surface area contributed by atoms with Gasteiger partial charge in [-0.05, 0) is 37.3 Å². The summed E-state index contributed by atoms with van der Waals surface area (Å²) >= 11 is 0. The first-order valence-electron chi connectivity index (χ1n) is 5.93. The van der Waals surface area contributed by atoms with Crippen LogP contribution < -0.4 is 5.32 Å². The van der Waals surface area contributed by atoms with Crippen LogP contribution in [0.15, 0.2) is 10.5 Å². The van der Waals surface area contributed by atoms with Crippen molar-refractivity contribution in [2.24, 2.45) is 11.3 Å². The van der Waals surface area contributed by atoms with Crippen molar-refractivity contribution >= 4 is 5.97 Å². The number of carbonyl (C=O) groups is 1. The van der Waals surface area contributed by atoms with Crippen molar-refractivity contribution < 1.29 is 14.3 Å². The van der Waals surface area contributed by atoms with E-state index in [1.54, 1.807) is 13.0 Å². The van der Waals surface area contributed by atoms with Crippen molar-refractivity contribution in [3.05, 3.63) is 23.2 Å². The highest BCUT2D eigenvalue weighted by Gasteiger charge is 2.44. The van der Waals surface area contributed by atoms with E-state index in [9.17, 15) is 4.79 Å². The van der Waals surface area contributed by atoms with E-state index < -0.39 is 5.97 Å². The zero-order valence-electron chi connectivity index (χ0n) is 10.5.